The summed E-state index contributed by atoms with van der Waals surface area (Å²) in [6.07, 6.45) is 3.78. The molecule has 1 aliphatic rings. The lowest BCUT2D eigenvalue weighted by atomic mass is 10.0. The summed E-state index contributed by atoms with van der Waals surface area (Å²) >= 11 is 5.84. The second kappa shape index (κ2) is 6.26. The predicted molar refractivity (Wildman–Crippen MR) is 82.3 cm³/mol. The van der Waals surface area contributed by atoms with Crippen molar-refractivity contribution in [2.45, 2.75) is 18.9 Å². The molecule has 1 saturated heterocycles. The lowest BCUT2D eigenvalue weighted by Gasteiger charge is -2.35. The fraction of sp³-hybridized carbons (Fsp3) is 0.333. The second-order valence-corrected chi connectivity index (χ2v) is 5.56. The molecule has 6 heteroatoms. The standard InChI is InChI=1S/C15H16ClFN4/c16-15-8-13(9-18-20-15)19-12-4-2-6-21(10-12)14-5-1-3-11(17)7-14/h1,3,5,7-9,12H,2,4,6,10H2,(H,19,20)/t12-/m1/s1. The summed E-state index contributed by atoms with van der Waals surface area (Å²) in [6.45, 7) is 1.76. The van der Waals surface area contributed by atoms with Gasteiger partial charge in [0.05, 0.1) is 11.9 Å². The van der Waals surface area contributed by atoms with E-state index in [9.17, 15) is 4.39 Å². The van der Waals surface area contributed by atoms with E-state index in [0.717, 1.165) is 37.3 Å². The largest absolute Gasteiger partial charge is 0.379 e. The lowest BCUT2D eigenvalue weighted by Crippen LogP contribution is -2.42. The zero-order chi connectivity index (χ0) is 14.7. The molecule has 0 amide bonds. The summed E-state index contributed by atoms with van der Waals surface area (Å²) in [7, 11) is 0. The Bertz CT molecular complexity index is 622. The van der Waals surface area contributed by atoms with Gasteiger partial charge in [0.25, 0.3) is 0 Å². The Kier molecular flexibility index (Phi) is 4.20. The first-order valence-corrected chi connectivity index (χ1v) is 7.34. The summed E-state index contributed by atoms with van der Waals surface area (Å²) < 4.78 is 13.3. The molecule has 1 fully saturated rings. The molecule has 0 saturated carbocycles. The van der Waals surface area contributed by atoms with Crippen LogP contribution < -0.4 is 10.2 Å². The van der Waals surface area contributed by atoms with Crippen molar-refractivity contribution in [3.63, 3.8) is 0 Å². The molecule has 0 bridgehead atoms. The molecular weight excluding hydrogens is 291 g/mol. The minimum Gasteiger partial charge on any atom is -0.379 e. The summed E-state index contributed by atoms with van der Waals surface area (Å²) in [6, 6.07) is 8.77. The van der Waals surface area contributed by atoms with E-state index in [-0.39, 0.29) is 11.9 Å². The highest BCUT2D eigenvalue weighted by Crippen LogP contribution is 2.23. The van der Waals surface area contributed by atoms with E-state index < -0.39 is 0 Å². The van der Waals surface area contributed by atoms with Crippen molar-refractivity contribution in [2.24, 2.45) is 0 Å². The number of piperidine rings is 1. The van der Waals surface area contributed by atoms with Crippen molar-refractivity contribution < 1.29 is 4.39 Å². The van der Waals surface area contributed by atoms with Crippen molar-refractivity contribution in [2.75, 3.05) is 23.3 Å². The molecule has 0 spiro atoms. The highest BCUT2D eigenvalue weighted by Gasteiger charge is 2.20. The topological polar surface area (TPSA) is 41.0 Å². The molecule has 4 nitrogen and oxygen atoms in total. The maximum Gasteiger partial charge on any atom is 0.153 e. The summed E-state index contributed by atoms with van der Waals surface area (Å²) in [5.74, 6) is -0.201. The number of anilines is 2. The summed E-state index contributed by atoms with van der Waals surface area (Å²) in [5, 5.41) is 11.3. The third kappa shape index (κ3) is 3.61. The van der Waals surface area contributed by atoms with E-state index in [0.29, 0.717) is 5.15 Å². The molecule has 0 aliphatic carbocycles. The van der Waals surface area contributed by atoms with Crippen LogP contribution >= 0.6 is 11.6 Å². The van der Waals surface area contributed by atoms with Gasteiger partial charge in [-0.05, 0) is 31.0 Å². The van der Waals surface area contributed by atoms with Gasteiger partial charge in [0, 0.05) is 30.9 Å². The maximum absolute atomic E-state index is 13.3. The average Bonchev–Trinajstić information content (AvgIpc) is 2.47. The number of halogens is 2. The number of nitrogens with one attached hydrogen (secondary N) is 1. The molecule has 2 heterocycles. The van der Waals surface area contributed by atoms with E-state index in [2.05, 4.69) is 20.4 Å². The van der Waals surface area contributed by atoms with Crippen LogP contribution in [0.4, 0.5) is 15.8 Å². The quantitative estimate of drug-likeness (QED) is 0.944. The first-order valence-electron chi connectivity index (χ1n) is 6.96. The molecule has 2 aromatic rings. The Morgan fingerprint density at radius 2 is 2.24 bits per heavy atom. The zero-order valence-electron chi connectivity index (χ0n) is 11.5. The Labute approximate surface area is 127 Å². The molecular formula is C15H16ClFN4. The summed E-state index contributed by atoms with van der Waals surface area (Å²) in [4.78, 5) is 2.19. The second-order valence-electron chi connectivity index (χ2n) is 5.18. The van der Waals surface area contributed by atoms with Crippen LogP contribution in [0.5, 0.6) is 0 Å². The molecule has 3 rings (SSSR count). The minimum atomic E-state index is -0.201. The molecule has 0 radical (unpaired) electrons. The monoisotopic (exact) mass is 306 g/mol. The van der Waals surface area contributed by atoms with Gasteiger partial charge >= 0.3 is 0 Å². The molecule has 1 N–H and O–H groups in total. The first kappa shape index (κ1) is 14.1. The number of aromatic nitrogens is 2. The van der Waals surface area contributed by atoms with Crippen LogP contribution in [0.1, 0.15) is 12.8 Å². The van der Waals surface area contributed by atoms with E-state index in [1.54, 1.807) is 24.4 Å². The van der Waals surface area contributed by atoms with E-state index >= 15 is 0 Å². The Morgan fingerprint density at radius 1 is 1.33 bits per heavy atom. The van der Waals surface area contributed by atoms with Crippen LogP contribution in [0.15, 0.2) is 36.5 Å². The zero-order valence-corrected chi connectivity index (χ0v) is 12.2. The fourth-order valence-corrected chi connectivity index (χ4v) is 2.82. The van der Waals surface area contributed by atoms with Crippen molar-refractivity contribution in [1.29, 1.82) is 0 Å². The molecule has 110 valence electrons. The highest BCUT2D eigenvalue weighted by atomic mass is 35.5. The Hall–Kier alpha value is -1.88. The Morgan fingerprint density at radius 3 is 3.05 bits per heavy atom. The van der Waals surface area contributed by atoms with Crippen LogP contribution in [0, 0.1) is 5.82 Å². The van der Waals surface area contributed by atoms with Crippen LogP contribution in [-0.4, -0.2) is 29.3 Å². The van der Waals surface area contributed by atoms with E-state index in [4.69, 9.17) is 11.6 Å². The van der Waals surface area contributed by atoms with Gasteiger partial charge in [-0.15, -0.1) is 5.10 Å². The SMILES string of the molecule is Fc1cccc(N2CCC[C@@H](Nc3cnnc(Cl)c3)C2)c1. The van der Waals surface area contributed by atoms with Crippen LogP contribution in [-0.2, 0) is 0 Å². The van der Waals surface area contributed by atoms with Gasteiger partial charge in [0.1, 0.15) is 5.82 Å². The van der Waals surface area contributed by atoms with E-state index in [1.807, 2.05) is 6.07 Å². The van der Waals surface area contributed by atoms with Crippen LogP contribution in [0.3, 0.4) is 0 Å². The maximum atomic E-state index is 13.3. The molecule has 0 unspecified atom stereocenters. The number of nitrogens with zero attached hydrogens (tertiary/aromatic N) is 3. The van der Waals surface area contributed by atoms with Crippen molar-refractivity contribution in [3.05, 3.63) is 47.5 Å². The third-order valence-corrected chi connectivity index (χ3v) is 3.77. The lowest BCUT2D eigenvalue weighted by molar-refractivity contribution is 0.528. The fourth-order valence-electron chi connectivity index (χ4n) is 2.66. The number of benzene rings is 1. The third-order valence-electron chi connectivity index (χ3n) is 3.59. The molecule has 1 aromatic heterocycles. The van der Waals surface area contributed by atoms with Gasteiger partial charge in [-0.25, -0.2) is 4.39 Å². The van der Waals surface area contributed by atoms with Gasteiger partial charge in [-0.2, -0.15) is 5.10 Å². The van der Waals surface area contributed by atoms with Crippen LogP contribution in [0.2, 0.25) is 5.15 Å². The number of hydrogen-bond acceptors (Lipinski definition) is 4. The normalized spacial score (nSPS) is 18.6. The van der Waals surface area contributed by atoms with Gasteiger partial charge in [-0.3, -0.25) is 0 Å². The van der Waals surface area contributed by atoms with Gasteiger partial charge in [0.15, 0.2) is 5.15 Å². The summed E-state index contributed by atoms with van der Waals surface area (Å²) in [5.41, 5.74) is 1.79. The highest BCUT2D eigenvalue weighted by molar-refractivity contribution is 6.29. The van der Waals surface area contributed by atoms with Gasteiger partial charge in [0.2, 0.25) is 0 Å². The van der Waals surface area contributed by atoms with E-state index in [1.165, 1.54) is 6.07 Å². The average molecular weight is 307 g/mol. The van der Waals surface area contributed by atoms with Crippen LogP contribution in [0.25, 0.3) is 0 Å². The van der Waals surface area contributed by atoms with Crippen molar-refractivity contribution in [3.8, 4) is 0 Å². The molecule has 1 atom stereocenters. The van der Waals surface area contributed by atoms with Gasteiger partial charge < -0.3 is 10.2 Å². The van der Waals surface area contributed by atoms with Gasteiger partial charge in [-0.1, -0.05) is 17.7 Å². The van der Waals surface area contributed by atoms with Crippen molar-refractivity contribution >= 4 is 23.0 Å². The predicted octanol–water partition coefficient (Wildman–Crippen LogP) is 3.35. The number of hydrogen-bond donors (Lipinski definition) is 1. The molecule has 21 heavy (non-hydrogen) atoms. The minimum absolute atomic E-state index is 0.201. The molecule has 1 aliphatic heterocycles. The van der Waals surface area contributed by atoms with Crippen molar-refractivity contribution in [1.82, 2.24) is 10.2 Å². The molecule has 1 aromatic carbocycles. The smallest absolute Gasteiger partial charge is 0.153 e. The number of rotatable bonds is 3. The Balaban J connectivity index is 1.68. The first-order chi connectivity index (χ1) is 10.2.